The molecular formula is C53H49N3OSi+2. The first kappa shape index (κ1) is 35.1. The Bertz CT molecular complexity index is 3170. The van der Waals surface area contributed by atoms with E-state index in [0.29, 0.717) is 5.92 Å². The summed E-state index contributed by atoms with van der Waals surface area (Å²) in [6.45, 7) is 19.0. The van der Waals surface area contributed by atoms with Gasteiger partial charge in [0.1, 0.15) is 16.8 Å². The lowest BCUT2D eigenvalue weighted by molar-refractivity contribution is -0.944. The Balaban J connectivity index is 1.35. The van der Waals surface area contributed by atoms with Crippen LogP contribution >= 0.6 is 0 Å². The van der Waals surface area contributed by atoms with Crippen LogP contribution in [-0.4, -0.2) is 12.6 Å². The summed E-state index contributed by atoms with van der Waals surface area (Å²) in [5, 5.41) is 3.82. The fourth-order valence-corrected chi connectivity index (χ4v) is 12.3. The lowest BCUT2D eigenvalue weighted by atomic mass is 9.88. The van der Waals surface area contributed by atoms with E-state index in [4.69, 9.17) is 4.42 Å². The minimum Gasteiger partial charge on any atom is -0.455 e. The number of aromatic nitrogens is 3. The Morgan fingerprint density at radius 3 is 2.17 bits per heavy atom. The van der Waals surface area contributed by atoms with Gasteiger partial charge in [-0.25, -0.2) is 0 Å². The number of para-hydroxylation sites is 3. The maximum absolute atomic E-state index is 7.09. The summed E-state index contributed by atoms with van der Waals surface area (Å²) >= 11 is 0. The van der Waals surface area contributed by atoms with E-state index in [-0.39, 0.29) is 0 Å². The molecule has 0 radical (unpaired) electrons. The smallest absolute Gasteiger partial charge is 0.364 e. The van der Waals surface area contributed by atoms with E-state index in [2.05, 4.69) is 202 Å². The molecule has 1 spiro atoms. The van der Waals surface area contributed by atoms with Crippen LogP contribution in [0.1, 0.15) is 47.2 Å². The Morgan fingerprint density at radius 1 is 0.707 bits per heavy atom. The normalized spacial score (nSPS) is 15.5. The number of furan rings is 1. The standard InChI is InChI=1S/C53H49N3OSi/c1-32(2)26-38-30-46-41-27-33(3)22-24-42(41)53(54(46)31-48(38)58(6,7)8)43-25-23-40-39-18-12-15-21-47(39)57-51(40)49(43)52-55(44-19-13-14-20-45(44)56(52)53)50-34(4)28-37(29-35(50)5)36-16-10-9-11-17-36/h9-25,27-32H,26H2,1-8H3/q+2. The van der Waals surface area contributed by atoms with Crippen molar-refractivity contribution in [2.24, 2.45) is 5.92 Å². The zero-order chi connectivity index (χ0) is 39.8. The lowest BCUT2D eigenvalue weighted by Gasteiger charge is -2.24. The van der Waals surface area contributed by atoms with Crippen molar-refractivity contribution in [2.75, 3.05) is 0 Å². The molecule has 0 N–H and O–H groups in total. The average molecular weight is 772 g/mol. The van der Waals surface area contributed by atoms with Crippen LogP contribution in [0.3, 0.4) is 0 Å². The third-order valence-corrected chi connectivity index (χ3v) is 14.9. The predicted molar refractivity (Wildman–Crippen MR) is 241 cm³/mol. The van der Waals surface area contributed by atoms with Crippen molar-refractivity contribution in [1.29, 1.82) is 0 Å². The monoisotopic (exact) mass is 771 g/mol. The Morgan fingerprint density at radius 2 is 1.41 bits per heavy atom. The molecule has 0 aliphatic carbocycles. The first-order valence-corrected chi connectivity index (χ1v) is 24.4. The summed E-state index contributed by atoms with van der Waals surface area (Å²) in [7, 11) is -1.82. The van der Waals surface area contributed by atoms with Gasteiger partial charge in [-0.1, -0.05) is 106 Å². The van der Waals surface area contributed by atoms with Gasteiger partial charge in [0.2, 0.25) is 5.69 Å². The maximum atomic E-state index is 7.09. The molecular weight excluding hydrogens is 723 g/mol. The highest BCUT2D eigenvalue weighted by atomic mass is 28.3. The minimum absolute atomic E-state index is 0.554. The van der Waals surface area contributed by atoms with Crippen molar-refractivity contribution in [1.82, 2.24) is 4.57 Å². The highest BCUT2D eigenvalue weighted by Gasteiger charge is 2.67. The van der Waals surface area contributed by atoms with Gasteiger partial charge in [-0.05, 0) is 116 Å². The number of benzene rings is 6. The topological polar surface area (TPSA) is 25.8 Å². The van der Waals surface area contributed by atoms with Crippen molar-refractivity contribution in [3.8, 4) is 39.5 Å². The SMILES string of the molecule is Cc1ccc2c(c1)-c1cc(CC(C)C)c([Si](C)(C)C)c[n+]1C21c2ccc3c(oc4ccccc43)c2-c2n(-c3c(C)cc(-c4ccccc4)cc3C)c3ccccc3[n+]21. The van der Waals surface area contributed by atoms with Gasteiger partial charge < -0.3 is 4.42 Å². The van der Waals surface area contributed by atoms with E-state index in [0.717, 1.165) is 39.7 Å². The van der Waals surface area contributed by atoms with Crippen LogP contribution in [0.15, 0.2) is 138 Å². The van der Waals surface area contributed by atoms with Crippen LogP contribution < -0.4 is 14.3 Å². The molecule has 58 heavy (non-hydrogen) atoms. The first-order valence-electron chi connectivity index (χ1n) is 20.9. The van der Waals surface area contributed by atoms with Crippen molar-refractivity contribution in [3.05, 3.63) is 167 Å². The van der Waals surface area contributed by atoms with Gasteiger partial charge in [0, 0.05) is 22.0 Å². The van der Waals surface area contributed by atoms with Crippen LogP contribution in [0.2, 0.25) is 19.6 Å². The number of aryl methyl sites for hydroxylation is 3. The van der Waals surface area contributed by atoms with Gasteiger partial charge in [0.05, 0.1) is 24.8 Å². The minimum atomic E-state index is -1.82. The summed E-state index contributed by atoms with van der Waals surface area (Å²) in [6.07, 6.45) is 3.65. The second-order valence-electron chi connectivity index (χ2n) is 18.3. The van der Waals surface area contributed by atoms with E-state index >= 15 is 0 Å². The zero-order valence-corrected chi connectivity index (χ0v) is 35.7. The molecule has 0 bridgehead atoms. The second-order valence-corrected chi connectivity index (χ2v) is 23.3. The van der Waals surface area contributed by atoms with E-state index in [1.165, 1.54) is 77.7 Å². The summed E-state index contributed by atoms with van der Waals surface area (Å²) in [5.41, 5.74) is 18.7. The number of rotatable bonds is 5. The van der Waals surface area contributed by atoms with Crippen LogP contribution in [-0.2, 0) is 12.1 Å². The molecule has 0 saturated heterocycles. The Labute approximate surface area is 341 Å². The highest BCUT2D eigenvalue weighted by molar-refractivity contribution is 6.89. The van der Waals surface area contributed by atoms with Crippen molar-refractivity contribution in [3.63, 3.8) is 0 Å². The molecule has 5 heterocycles. The van der Waals surface area contributed by atoms with Crippen LogP contribution in [0.4, 0.5) is 0 Å². The molecule has 1 atom stereocenters. The molecule has 2 aliphatic heterocycles. The van der Waals surface area contributed by atoms with Gasteiger partial charge in [-0.15, -0.1) is 9.13 Å². The summed E-state index contributed by atoms with van der Waals surface area (Å²) in [4.78, 5) is 0. The number of hydrogen-bond acceptors (Lipinski definition) is 1. The van der Waals surface area contributed by atoms with Crippen LogP contribution in [0, 0.1) is 26.7 Å². The van der Waals surface area contributed by atoms with Gasteiger partial charge in [0.25, 0.3) is 0 Å². The van der Waals surface area contributed by atoms with Crippen molar-refractivity contribution in [2.45, 2.75) is 66.3 Å². The third-order valence-electron chi connectivity index (χ3n) is 12.9. The Kier molecular flexibility index (Phi) is 7.41. The third kappa shape index (κ3) is 4.68. The predicted octanol–water partition coefficient (Wildman–Crippen LogP) is 11.7. The van der Waals surface area contributed by atoms with Crippen LogP contribution in [0.25, 0.3) is 72.4 Å². The zero-order valence-electron chi connectivity index (χ0n) is 34.7. The molecule has 0 fully saturated rings. The summed E-state index contributed by atoms with van der Waals surface area (Å²) in [5.74, 6) is 1.70. The number of imidazole rings is 1. The molecule has 4 nitrogen and oxygen atoms in total. The number of nitrogens with zero attached hydrogens (tertiary/aromatic N) is 3. The molecule has 11 rings (SSSR count). The van der Waals surface area contributed by atoms with Crippen molar-refractivity contribution < 1.29 is 13.6 Å². The summed E-state index contributed by atoms with van der Waals surface area (Å²) < 4.78 is 15.0. The van der Waals surface area contributed by atoms with Crippen LogP contribution in [0.5, 0.6) is 0 Å². The fraction of sp³-hybridized carbons (Fsp3) is 0.208. The van der Waals surface area contributed by atoms with E-state index in [1.807, 2.05) is 0 Å². The number of hydrogen-bond donors (Lipinski definition) is 0. The van der Waals surface area contributed by atoms with E-state index < -0.39 is 13.7 Å². The summed E-state index contributed by atoms with van der Waals surface area (Å²) in [6, 6.07) is 47.5. The van der Waals surface area contributed by atoms with E-state index in [1.54, 1.807) is 0 Å². The molecule has 2 aliphatic rings. The molecule has 9 aromatic rings. The molecule has 0 saturated carbocycles. The van der Waals surface area contributed by atoms with Gasteiger partial charge in [-0.3, -0.25) is 0 Å². The van der Waals surface area contributed by atoms with Crippen molar-refractivity contribution >= 4 is 46.2 Å². The largest absolute Gasteiger partial charge is 0.455 e. The molecule has 3 aromatic heterocycles. The average Bonchev–Trinajstić information content (AvgIpc) is 3.90. The maximum Gasteiger partial charge on any atom is 0.364 e. The van der Waals surface area contributed by atoms with E-state index in [9.17, 15) is 0 Å². The molecule has 0 amide bonds. The molecule has 6 aromatic carbocycles. The number of fused-ring (bicyclic) bond motifs is 16. The second kappa shape index (κ2) is 12.2. The number of pyridine rings is 1. The molecule has 5 heteroatoms. The fourth-order valence-electron chi connectivity index (χ4n) is 10.6. The quantitative estimate of drug-likeness (QED) is 0.126. The van der Waals surface area contributed by atoms with Gasteiger partial charge >= 0.3 is 11.5 Å². The van der Waals surface area contributed by atoms with Gasteiger partial charge in [-0.2, -0.15) is 4.57 Å². The lowest BCUT2D eigenvalue weighted by Crippen LogP contribution is -2.72. The Hall–Kier alpha value is -6.04. The van der Waals surface area contributed by atoms with Gasteiger partial charge in [0.15, 0.2) is 22.8 Å². The molecule has 1 unspecified atom stereocenters. The highest BCUT2D eigenvalue weighted by Crippen LogP contribution is 2.53. The first-order chi connectivity index (χ1) is 28.0. The molecule has 284 valence electrons.